The minimum atomic E-state index is 0.311. The zero-order valence-corrected chi connectivity index (χ0v) is 17.5. The first-order valence-corrected chi connectivity index (χ1v) is 10.6. The molecule has 0 saturated heterocycles. The van der Waals surface area contributed by atoms with Crippen LogP contribution in [0.2, 0.25) is 5.28 Å². The minimum absolute atomic E-state index is 0.311. The monoisotopic (exact) mass is 404 g/mol. The molecule has 2 unspecified atom stereocenters. The second-order valence-corrected chi connectivity index (χ2v) is 8.33. The minimum Gasteiger partial charge on any atom is -0.357 e. The van der Waals surface area contributed by atoms with Gasteiger partial charge in [0.1, 0.15) is 0 Å². The zero-order valence-electron chi connectivity index (χ0n) is 16.7. The molecule has 2 heterocycles. The van der Waals surface area contributed by atoms with Crippen LogP contribution >= 0.6 is 11.6 Å². The van der Waals surface area contributed by atoms with Gasteiger partial charge in [0.2, 0.25) is 5.28 Å². The molecule has 0 aliphatic heterocycles. The van der Waals surface area contributed by atoms with Crippen LogP contribution in [-0.4, -0.2) is 14.5 Å². The van der Waals surface area contributed by atoms with Crippen LogP contribution in [-0.2, 0) is 13.5 Å². The summed E-state index contributed by atoms with van der Waals surface area (Å²) in [6, 6.07) is 17.9. The fourth-order valence-electron chi connectivity index (χ4n) is 4.58. The highest BCUT2D eigenvalue weighted by molar-refractivity contribution is 6.28. The van der Waals surface area contributed by atoms with Crippen molar-refractivity contribution < 1.29 is 0 Å². The quantitative estimate of drug-likeness (QED) is 0.441. The van der Waals surface area contributed by atoms with E-state index in [2.05, 4.69) is 70.7 Å². The van der Waals surface area contributed by atoms with Gasteiger partial charge in [-0.25, -0.2) is 4.98 Å². The van der Waals surface area contributed by atoms with Gasteiger partial charge in [-0.1, -0.05) is 36.4 Å². The molecule has 0 bridgehead atoms. The number of aromatic nitrogens is 3. The van der Waals surface area contributed by atoms with Crippen molar-refractivity contribution >= 4 is 22.5 Å². The predicted octanol–water partition coefficient (Wildman–Crippen LogP) is 5.95. The number of benzene rings is 2. The van der Waals surface area contributed by atoms with Crippen molar-refractivity contribution in [3.05, 3.63) is 76.8 Å². The van der Waals surface area contributed by atoms with Gasteiger partial charge in [0.15, 0.2) is 0 Å². The van der Waals surface area contributed by atoms with E-state index in [4.69, 9.17) is 11.6 Å². The van der Waals surface area contributed by atoms with Crippen LogP contribution in [0.3, 0.4) is 0 Å². The standard InChI is InChI=1S/C24H25ClN4/c1-15(16-7-4-3-5-8-16)27-21-10-6-9-18-19-13-17(11-12-20(19)28-23(18)21)22-14-26-24(25)29(22)2/h3-5,7-8,11-15,21,27-28H,6,9-10H2,1-2H3. The smallest absolute Gasteiger partial charge is 0.202 e. The SMILES string of the molecule is CC(NC1CCCc2c1[nH]c1ccc(-c3cnc(Cl)n3C)cc21)c1ccccc1. The highest BCUT2D eigenvalue weighted by atomic mass is 35.5. The van der Waals surface area contributed by atoms with Gasteiger partial charge in [0.25, 0.3) is 0 Å². The van der Waals surface area contributed by atoms with Gasteiger partial charge in [-0.2, -0.15) is 0 Å². The molecule has 2 aromatic heterocycles. The van der Waals surface area contributed by atoms with Crippen molar-refractivity contribution in [3.63, 3.8) is 0 Å². The second-order valence-electron chi connectivity index (χ2n) is 7.99. The molecule has 1 aliphatic carbocycles. The molecule has 2 atom stereocenters. The van der Waals surface area contributed by atoms with E-state index in [0.717, 1.165) is 24.1 Å². The third kappa shape index (κ3) is 3.26. The number of hydrogen-bond donors (Lipinski definition) is 2. The summed E-state index contributed by atoms with van der Waals surface area (Å²) in [5, 5.41) is 5.67. The molecular weight excluding hydrogens is 380 g/mol. The van der Waals surface area contributed by atoms with Gasteiger partial charge >= 0.3 is 0 Å². The lowest BCUT2D eigenvalue weighted by atomic mass is 9.90. The first-order valence-electron chi connectivity index (χ1n) is 10.2. The number of aryl methyl sites for hydroxylation is 1. The number of fused-ring (bicyclic) bond motifs is 3. The van der Waals surface area contributed by atoms with Crippen LogP contribution in [0.1, 0.15) is 48.7 Å². The van der Waals surface area contributed by atoms with Gasteiger partial charge in [0, 0.05) is 41.3 Å². The Morgan fingerprint density at radius 1 is 1.21 bits per heavy atom. The maximum Gasteiger partial charge on any atom is 0.202 e. The van der Waals surface area contributed by atoms with Crippen molar-refractivity contribution in [2.45, 2.75) is 38.3 Å². The third-order valence-corrected chi connectivity index (χ3v) is 6.54. The fraction of sp³-hybridized carbons (Fsp3) is 0.292. The van der Waals surface area contributed by atoms with Crippen LogP contribution < -0.4 is 5.32 Å². The topological polar surface area (TPSA) is 45.6 Å². The molecule has 0 amide bonds. The van der Waals surface area contributed by atoms with Crippen molar-refractivity contribution in [1.82, 2.24) is 19.9 Å². The van der Waals surface area contributed by atoms with Gasteiger partial charge in [-0.15, -0.1) is 0 Å². The number of nitrogens with one attached hydrogen (secondary N) is 2. The third-order valence-electron chi connectivity index (χ3n) is 6.19. The van der Waals surface area contributed by atoms with E-state index in [9.17, 15) is 0 Å². The molecule has 2 aromatic carbocycles. The van der Waals surface area contributed by atoms with E-state index < -0.39 is 0 Å². The van der Waals surface area contributed by atoms with E-state index in [-0.39, 0.29) is 0 Å². The number of imidazole rings is 1. The Hall–Kier alpha value is -2.56. The summed E-state index contributed by atoms with van der Waals surface area (Å²) in [6.07, 6.45) is 5.30. The molecule has 4 nitrogen and oxygen atoms in total. The number of H-pyrrole nitrogens is 1. The Balaban J connectivity index is 1.50. The van der Waals surface area contributed by atoms with Crippen molar-refractivity contribution in [3.8, 4) is 11.3 Å². The summed E-state index contributed by atoms with van der Waals surface area (Å²) >= 11 is 6.15. The van der Waals surface area contributed by atoms with Gasteiger partial charge in [-0.05, 0) is 61.0 Å². The Kier molecular flexibility index (Phi) is 4.69. The molecule has 0 fully saturated rings. The van der Waals surface area contributed by atoms with Gasteiger partial charge in [-0.3, -0.25) is 0 Å². The molecule has 0 spiro atoms. The molecule has 1 aliphatic rings. The lowest BCUT2D eigenvalue weighted by Crippen LogP contribution is -2.27. The number of halogens is 1. The lowest BCUT2D eigenvalue weighted by molar-refractivity contribution is 0.410. The average Bonchev–Trinajstić information content (AvgIpc) is 3.29. The predicted molar refractivity (Wildman–Crippen MR) is 119 cm³/mol. The summed E-state index contributed by atoms with van der Waals surface area (Å²) in [5.41, 5.74) is 7.50. The van der Waals surface area contributed by atoms with E-state index in [1.165, 1.54) is 34.1 Å². The summed E-state index contributed by atoms with van der Waals surface area (Å²) in [7, 11) is 1.95. The molecule has 0 saturated carbocycles. The van der Waals surface area contributed by atoms with E-state index in [1.54, 1.807) is 0 Å². The second kappa shape index (κ2) is 7.36. The molecule has 148 valence electrons. The van der Waals surface area contributed by atoms with E-state index >= 15 is 0 Å². The fourth-order valence-corrected chi connectivity index (χ4v) is 4.72. The normalized spacial score (nSPS) is 17.4. The largest absolute Gasteiger partial charge is 0.357 e. The molecular formula is C24H25ClN4. The van der Waals surface area contributed by atoms with Crippen LogP contribution in [0.4, 0.5) is 0 Å². The summed E-state index contributed by atoms with van der Waals surface area (Å²) in [5.74, 6) is 0. The molecule has 0 radical (unpaired) electrons. The van der Waals surface area contributed by atoms with Gasteiger partial charge in [0.05, 0.1) is 11.9 Å². The maximum absolute atomic E-state index is 6.15. The molecule has 4 aromatic rings. The molecule has 5 rings (SSSR count). The Bertz CT molecular complexity index is 1160. The maximum atomic E-state index is 6.15. The Morgan fingerprint density at radius 2 is 2.03 bits per heavy atom. The summed E-state index contributed by atoms with van der Waals surface area (Å²) < 4.78 is 1.92. The van der Waals surface area contributed by atoms with E-state index in [0.29, 0.717) is 17.4 Å². The Labute approximate surface area is 175 Å². The van der Waals surface area contributed by atoms with E-state index in [1.807, 2.05) is 17.8 Å². The zero-order chi connectivity index (χ0) is 20.0. The van der Waals surface area contributed by atoms with Crippen LogP contribution in [0.25, 0.3) is 22.2 Å². The van der Waals surface area contributed by atoms with Crippen molar-refractivity contribution in [1.29, 1.82) is 0 Å². The van der Waals surface area contributed by atoms with Gasteiger partial charge < -0.3 is 14.9 Å². The highest BCUT2D eigenvalue weighted by Crippen LogP contribution is 2.37. The number of hydrogen-bond acceptors (Lipinski definition) is 2. The molecule has 2 N–H and O–H groups in total. The summed E-state index contributed by atoms with van der Waals surface area (Å²) in [6.45, 7) is 2.25. The Morgan fingerprint density at radius 3 is 2.79 bits per heavy atom. The van der Waals surface area contributed by atoms with Crippen LogP contribution in [0.5, 0.6) is 0 Å². The van der Waals surface area contributed by atoms with Crippen LogP contribution in [0, 0.1) is 0 Å². The number of aromatic amines is 1. The first-order chi connectivity index (χ1) is 14.1. The van der Waals surface area contributed by atoms with Crippen molar-refractivity contribution in [2.75, 3.05) is 0 Å². The number of rotatable bonds is 4. The molecule has 5 heteroatoms. The average molecular weight is 405 g/mol. The molecule has 29 heavy (non-hydrogen) atoms. The summed E-state index contributed by atoms with van der Waals surface area (Å²) in [4.78, 5) is 7.94. The van der Waals surface area contributed by atoms with Crippen molar-refractivity contribution in [2.24, 2.45) is 7.05 Å². The van der Waals surface area contributed by atoms with Crippen LogP contribution in [0.15, 0.2) is 54.7 Å². The highest BCUT2D eigenvalue weighted by Gasteiger charge is 2.26. The lowest BCUT2D eigenvalue weighted by Gasteiger charge is -2.27. The number of nitrogens with zero attached hydrogens (tertiary/aromatic N) is 2. The first kappa shape index (κ1) is 18.5.